The van der Waals surface area contributed by atoms with Gasteiger partial charge in [-0.1, -0.05) is 79.9 Å². The predicted octanol–water partition coefficient (Wildman–Crippen LogP) is 14.6. The van der Waals surface area contributed by atoms with E-state index in [0.29, 0.717) is 0 Å². The highest BCUT2D eigenvalue weighted by molar-refractivity contribution is 5.79. The molecule has 0 atom stereocenters. The number of nitrogen functional groups attached to an aromatic ring is 2. The third-order valence-electron chi connectivity index (χ3n) is 11.5. The van der Waals surface area contributed by atoms with Crippen LogP contribution in [-0.2, 0) is 5.41 Å². The van der Waals surface area contributed by atoms with E-state index in [9.17, 15) is 0 Å². The maximum Gasteiger partial charge on any atom is 0.127 e. The van der Waals surface area contributed by atoms with Gasteiger partial charge in [0.25, 0.3) is 0 Å². The van der Waals surface area contributed by atoms with Gasteiger partial charge in [0.05, 0.1) is 0 Å². The molecule has 0 spiro atoms. The average Bonchev–Trinajstić information content (AvgIpc) is 3.30. The Morgan fingerprint density at radius 2 is 0.600 bits per heavy atom. The first-order valence-corrected chi connectivity index (χ1v) is 20.7. The molecule has 6 nitrogen and oxygen atoms in total. The molecular weight excluding hydrogens is 737 g/mol. The van der Waals surface area contributed by atoms with Crippen LogP contribution in [0, 0.1) is 0 Å². The summed E-state index contributed by atoms with van der Waals surface area (Å²) in [5.74, 6) is 3.18. The molecule has 0 aromatic heterocycles. The minimum absolute atomic E-state index is 0.0970. The minimum Gasteiger partial charge on any atom is -0.457 e. The summed E-state index contributed by atoms with van der Waals surface area (Å²) in [7, 11) is 0. The Morgan fingerprint density at radius 1 is 0.317 bits per heavy atom. The molecule has 9 rings (SSSR count). The minimum atomic E-state index is -0.0970. The maximum atomic E-state index is 6.14. The molecule has 1 fully saturated rings. The molecule has 60 heavy (non-hydrogen) atoms. The van der Waals surface area contributed by atoms with Crippen molar-refractivity contribution in [3.63, 3.8) is 0 Å². The first-order chi connectivity index (χ1) is 29.5. The summed E-state index contributed by atoms with van der Waals surface area (Å²) in [5.41, 5.74) is 22.6. The molecule has 0 amide bonds. The van der Waals surface area contributed by atoms with Gasteiger partial charge in [-0.2, -0.15) is 0 Å². The van der Waals surface area contributed by atoms with E-state index in [1.54, 1.807) is 0 Å². The fraction of sp³-hybridized carbons (Fsp3) is 0.111. The highest BCUT2D eigenvalue weighted by Crippen LogP contribution is 2.47. The van der Waals surface area contributed by atoms with Gasteiger partial charge in [0, 0.05) is 50.9 Å². The van der Waals surface area contributed by atoms with Gasteiger partial charge in [0.2, 0.25) is 0 Å². The Balaban J connectivity index is 1.02. The summed E-state index contributed by atoms with van der Waals surface area (Å²) in [4.78, 5) is 4.54. The number of hydrogen-bond acceptors (Lipinski definition) is 6. The van der Waals surface area contributed by atoms with E-state index in [1.807, 2.05) is 109 Å². The summed E-state index contributed by atoms with van der Waals surface area (Å²) < 4.78 is 12.2. The van der Waals surface area contributed by atoms with Crippen LogP contribution in [-0.4, -0.2) is 0 Å². The lowest BCUT2D eigenvalue weighted by atomic mass is 9.65. The van der Waals surface area contributed by atoms with Crippen LogP contribution in [0.3, 0.4) is 0 Å². The van der Waals surface area contributed by atoms with Crippen LogP contribution in [0.2, 0.25) is 0 Å². The van der Waals surface area contributed by atoms with Crippen molar-refractivity contribution >= 4 is 45.5 Å². The van der Waals surface area contributed by atoms with Crippen LogP contribution in [0.25, 0.3) is 0 Å². The zero-order chi connectivity index (χ0) is 40.7. The van der Waals surface area contributed by atoms with Gasteiger partial charge in [-0.25, -0.2) is 0 Å². The second-order valence-electron chi connectivity index (χ2n) is 15.4. The molecule has 0 saturated heterocycles. The third-order valence-corrected chi connectivity index (χ3v) is 11.5. The first kappa shape index (κ1) is 38.1. The molecule has 1 saturated carbocycles. The van der Waals surface area contributed by atoms with Crippen molar-refractivity contribution in [1.29, 1.82) is 0 Å². The molecule has 0 bridgehead atoms. The Bertz CT molecular complexity index is 2410. The highest BCUT2D eigenvalue weighted by atomic mass is 16.5. The van der Waals surface area contributed by atoms with Gasteiger partial charge >= 0.3 is 0 Å². The number of ether oxygens (including phenoxy) is 2. The molecule has 1 aliphatic carbocycles. The summed E-state index contributed by atoms with van der Waals surface area (Å²) in [6, 6.07) is 70.7. The van der Waals surface area contributed by atoms with Crippen LogP contribution in [0.4, 0.5) is 45.5 Å². The van der Waals surface area contributed by atoms with Gasteiger partial charge in [-0.15, -0.1) is 0 Å². The molecule has 8 aromatic rings. The largest absolute Gasteiger partial charge is 0.457 e. The normalized spacial score (nSPS) is 13.3. The van der Waals surface area contributed by atoms with Gasteiger partial charge in [0.15, 0.2) is 0 Å². The zero-order valence-corrected chi connectivity index (χ0v) is 33.5. The van der Waals surface area contributed by atoms with Gasteiger partial charge in [-0.3, -0.25) is 0 Å². The van der Waals surface area contributed by atoms with Crippen molar-refractivity contribution in [2.75, 3.05) is 21.3 Å². The summed E-state index contributed by atoms with van der Waals surface area (Å²) >= 11 is 0. The fourth-order valence-electron chi connectivity index (χ4n) is 8.48. The molecule has 8 aromatic carbocycles. The first-order valence-electron chi connectivity index (χ1n) is 20.7. The number of para-hydroxylation sites is 2. The monoisotopic (exact) mass is 784 g/mol. The summed E-state index contributed by atoms with van der Waals surface area (Å²) in [5, 5.41) is 0. The van der Waals surface area contributed by atoms with Gasteiger partial charge < -0.3 is 30.7 Å². The predicted molar refractivity (Wildman–Crippen MR) is 248 cm³/mol. The number of nitrogens with zero attached hydrogens (tertiary/aromatic N) is 2. The van der Waals surface area contributed by atoms with E-state index in [4.69, 9.17) is 20.9 Å². The Hall–Kier alpha value is -7.44. The average molecular weight is 785 g/mol. The zero-order valence-electron chi connectivity index (χ0n) is 33.5. The van der Waals surface area contributed by atoms with E-state index >= 15 is 0 Å². The van der Waals surface area contributed by atoms with Crippen molar-refractivity contribution in [3.8, 4) is 23.0 Å². The van der Waals surface area contributed by atoms with Crippen LogP contribution >= 0.6 is 0 Å². The molecule has 0 heterocycles. The van der Waals surface area contributed by atoms with Crippen molar-refractivity contribution < 1.29 is 9.47 Å². The van der Waals surface area contributed by atoms with E-state index in [0.717, 1.165) is 81.3 Å². The van der Waals surface area contributed by atoms with Crippen LogP contribution < -0.4 is 30.7 Å². The quantitative estimate of drug-likeness (QED) is 0.120. The number of benzene rings is 8. The standard InChI is InChI=1S/C54H48N4O2/c55-42-18-26-46(27-19-42)57(48-30-34-52(35-31-48)59-50-10-4-1-5-11-50)44-22-14-40(15-23-44)54(38-8-3-9-39-54)41-16-24-45(25-17-41)58(47-28-20-43(56)21-29-47)49-32-36-53(37-33-49)60-51-12-6-2-7-13-51/h1-2,4-7,10-37H,3,8-9,38-39,55-56H2. The molecular formula is C54H48N4O2. The number of anilines is 8. The van der Waals surface area contributed by atoms with Crippen molar-refractivity contribution in [2.45, 2.75) is 37.5 Å². The van der Waals surface area contributed by atoms with E-state index in [1.165, 1.54) is 30.4 Å². The molecule has 4 N–H and O–H groups in total. The second kappa shape index (κ2) is 17.2. The molecule has 0 radical (unpaired) electrons. The molecule has 0 unspecified atom stereocenters. The Labute approximate surface area is 352 Å². The van der Waals surface area contributed by atoms with Crippen LogP contribution in [0.15, 0.2) is 206 Å². The summed E-state index contributed by atoms with van der Waals surface area (Å²) in [6.45, 7) is 0. The third kappa shape index (κ3) is 8.27. The smallest absolute Gasteiger partial charge is 0.127 e. The number of rotatable bonds is 12. The van der Waals surface area contributed by atoms with E-state index < -0.39 is 0 Å². The highest BCUT2D eigenvalue weighted by Gasteiger charge is 2.36. The molecule has 6 heteroatoms. The van der Waals surface area contributed by atoms with E-state index in [-0.39, 0.29) is 5.41 Å². The van der Waals surface area contributed by atoms with Gasteiger partial charge in [-0.05, 0) is 170 Å². The maximum absolute atomic E-state index is 6.14. The van der Waals surface area contributed by atoms with Gasteiger partial charge in [0.1, 0.15) is 23.0 Å². The molecule has 296 valence electrons. The Kier molecular flexibility index (Phi) is 10.9. The van der Waals surface area contributed by atoms with E-state index in [2.05, 4.69) is 107 Å². The lowest BCUT2D eigenvalue weighted by Crippen LogP contribution is -2.30. The van der Waals surface area contributed by atoms with Crippen LogP contribution in [0.5, 0.6) is 23.0 Å². The number of nitrogens with two attached hydrogens (primary N) is 2. The van der Waals surface area contributed by atoms with Crippen LogP contribution in [0.1, 0.15) is 43.2 Å². The topological polar surface area (TPSA) is 77.0 Å². The molecule has 0 aliphatic heterocycles. The SMILES string of the molecule is Nc1ccc(N(c2ccc(Oc3ccccc3)cc2)c2ccc(C3(c4ccc(N(c5ccc(N)cc5)c5ccc(Oc6ccccc6)cc5)cc4)CCCCC3)cc2)cc1. The Morgan fingerprint density at radius 3 is 0.933 bits per heavy atom. The lowest BCUT2D eigenvalue weighted by Gasteiger charge is -2.39. The van der Waals surface area contributed by atoms with Crippen molar-refractivity contribution in [1.82, 2.24) is 0 Å². The lowest BCUT2D eigenvalue weighted by molar-refractivity contribution is 0.346. The summed E-state index contributed by atoms with van der Waals surface area (Å²) in [6.07, 6.45) is 5.82. The second-order valence-corrected chi connectivity index (χ2v) is 15.4. The number of hydrogen-bond donors (Lipinski definition) is 2. The van der Waals surface area contributed by atoms with Crippen molar-refractivity contribution in [2.24, 2.45) is 0 Å². The van der Waals surface area contributed by atoms with Crippen molar-refractivity contribution in [3.05, 3.63) is 217 Å². The fourth-order valence-corrected chi connectivity index (χ4v) is 8.48. The molecule has 1 aliphatic rings.